The van der Waals surface area contributed by atoms with Crippen LogP contribution in [-0.2, 0) is 12.7 Å². The van der Waals surface area contributed by atoms with Crippen LogP contribution in [0.15, 0.2) is 42.6 Å². The first kappa shape index (κ1) is 18.9. The van der Waals surface area contributed by atoms with Gasteiger partial charge in [0.15, 0.2) is 0 Å². The van der Waals surface area contributed by atoms with Gasteiger partial charge < -0.3 is 10.2 Å². The Morgan fingerprint density at radius 3 is 2.57 bits per heavy atom. The molecular formula is C20H19F4N3O. The fourth-order valence-electron chi connectivity index (χ4n) is 4.07. The summed E-state index contributed by atoms with van der Waals surface area (Å²) in [6.45, 7) is 2.10. The molecule has 2 aliphatic rings. The normalized spacial score (nSPS) is 23.4. The molecule has 1 amide bonds. The maximum atomic E-state index is 13.8. The molecular weight excluding hydrogens is 374 g/mol. The van der Waals surface area contributed by atoms with Gasteiger partial charge in [0.1, 0.15) is 11.5 Å². The lowest BCUT2D eigenvalue weighted by atomic mass is 10.1. The van der Waals surface area contributed by atoms with Crippen molar-refractivity contribution >= 4 is 5.91 Å². The Labute approximate surface area is 159 Å². The van der Waals surface area contributed by atoms with Gasteiger partial charge >= 0.3 is 6.18 Å². The molecule has 148 valence electrons. The van der Waals surface area contributed by atoms with Crippen LogP contribution >= 0.6 is 0 Å². The predicted molar refractivity (Wildman–Crippen MR) is 93.7 cm³/mol. The first-order valence-corrected chi connectivity index (χ1v) is 9.10. The van der Waals surface area contributed by atoms with Crippen molar-refractivity contribution in [2.24, 2.45) is 17.8 Å². The van der Waals surface area contributed by atoms with Crippen molar-refractivity contribution < 1.29 is 22.4 Å². The van der Waals surface area contributed by atoms with Crippen LogP contribution in [0.25, 0.3) is 0 Å². The third kappa shape index (κ3) is 3.87. The van der Waals surface area contributed by atoms with Gasteiger partial charge in [-0.1, -0.05) is 6.07 Å². The summed E-state index contributed by atoms with van der Waals surface area (Å²) in [7, 11) is 0. The number of benzene rings is 1. The van der Waals surface area contributed by atoms with E-state index in [0.717, 1.165) is 25.2 Å². The van der Waals surface area contributed by atoms with E-state index in [1.54, 1.807) is 18.2 Å². The lowest BCUT2D eigenvalue weighted by Crippen LogP contribution is -2.35. The number of carbonyl (C=O) groups excluding carboxylic acids is 1. The first-order valence-electron chi connectivity index (χ1n) is 9.10. The summed E-state index contributed by atoms with van der Waals surface area (Å²) in [6, 6.07) is 7.33. The highest BCUT2D eigenvalue weighted by molar-refractivity contribution is 5.92. The zero-order valence-electron chi connectivity index (χ0n) is 14.9. The molecule has 2 heterocycles. The second-order valence-electron chi connectivity index (χ2n) is 7.40. The van der Waals surface area contributed by atoms with Gasteiger partial charge in [0.05, 0.1) is 5.56 Å². The van der Waals surface area contributed by atoms with Gasteiger partial charge in [0.25, 0.3) is 5.91 Å². The van der Waals surface area contributed by atoms with Crippen molar-refractivity contribution in [2.75, 3.05) is 19.6 Å². The number of carbonyl (C=O) groups is 1. The number of aromatic nitrogens is 1. The standard InChI is InChI=1S/C20H19F4N3O/c21-14-6-12(5-13(7-14)20(22,23)24)10-27(11-17-15-8-25-9-16(15)17)19(28)18-3-1-2-4-26-18/h1-7,15-17,25H,8-11H2. The minimum Gasteiger partial charge on any atom is -0.333 e. The molecule has 8 heteroatoms. The van der Waals surface area contributed by atoms with Gasteiger partial charge in [-0.05, 0) is 66.7 Å². The van der Waals surface area contributed by atoms with Gasteiger partial charge in [0, 0.05) is 19.3 Å². The van der Waals surface area contributed by atoms with E-state index in [0.29, 0.717) is 30.4 Å². The molecule has 1 aliphatic carbocycles. The molecule has 2 atom stereocenters. The minimum absolute atomic E-state index is 0.0976. The van der Waals surface area contributed by atoms with E-state index in [1.807, 2.05) is 0 Å². The van der Waals surface area contributed by atoms with Gasteiger partial charge in [-0.3, -0.25) is 9.78 Å². The van der Waals surface area contributed by atoms with Crippen LogP contribution in [-0.4, -0.2) is 35.4 Å². The molecule has 2 aromatic rings. The quantitative estimate of drug-likeness (QED) is 0.793. The van der Waals surface area contributed by atoms with Crippen LogP contribution in [0, 0.1) is 23.6 Å². The molecule has 0 bridgehead atoms. The molecule has 0 radical (unpaired) electrons. The Balaban J connectivity index is 1.58. The summed E-state index contributed by atoms with van der Waals surface area (Å²) in [4.78, 5) is 18.5. The van der Waals surface area contributed by atoms with Gasteiger partial charge in [0.2, 0.25) is 0 Å². The van der Waals surface area contributed by atoms with E-state index >= 15 is 0 Å². The van der Waals surface area contributed by atoms with E-state index in [1.165, 1.54) is 11.1 Å². The van der Waals surface area contributed by atoms with Crippen molar-refractivity contribution in [3.05, 3.63) is 65.2 Å². The lowest BCUT2D eigenvalue weighted by Gasteiger charge is -2.24. The molecule has 1 saturated carbocycles. The Bertz CT molecular complexity index is 861. The predicted octanol–water partition coefficient (Wildman–Crippen LogP) is 3.35. The molecule has 1 aromatic heterocycles. The fraction of sp³-hybridized carbons (Fsp3) is 0.400. The minimum atomic E-state index is -4.65. The van der Waals surface area contributed by atoms with Crippen LogP contribution in [0.3, 0.4) is 0 Å². The van der Waals surface area contributed by atoms with Crippen LogP contribution in [0.4, 0.5) is 17.6 Å². The van der Waals surface area contributed by atoms with Gasteiger partial charge in [-0.15, -0.1) is 0 Å². The van der Waals surface area contributed by atoms with Crippen LogP contribution in [0.2, 0.25) is 0 Å². The van der Waals surface area contributed by atoms with Gasteiger partial charge in [-0.25, -0.2) is 4.39 Å². The third-order valence-electron chi connectivity index (χ3n) is 5.53. The molecule has 1 N–H and O–H groups in total. The zero-order valence-corrected chi connectivity index (χ0v) is 14.9. The second-order valence-corrected chi connectivity index (χ2v) is 7.40. The monoisotopic (exact) mass is 393 g/mol. The highest BCUT2D eigenvalue weighted by atomic mass is 19.4. The molecule has 1 saturated heterocycles. The Morgan fingerprint density at radius 1 is 1.18 bits per heavy atom. The maximum absolute atomic E-state index is 13.8. The van der Waals surface area contributed by atoms with Gasteiger partial charge in [-0.2, -0.15) is 13.2 Å². The number of amides is 1. The fourth-order valence-corrected chi connectivity index (χ4v) is 4.07. The topological polar surface area (TPSA) is 45.2 Å². The number of alkyl halides is 3. The third-order valence-corrected chi connectivity index (χ3v) is 5.53. The number of piperidine rings is 1. The Kier molecular flexibility index (Phi) is 4.82. The maximum Gasteiger partial charge on any atom is 0.416 e. The zero-order chi connectivity index (χ0) is 19.9. The average molecular weight is 393 g/mol. The molecule has 28 heavy (non-hydrogen) atoms. The van der Waals surface area contributed by atoms with Crippen LogP contribution in [0.1, 0.15) is 21.6 Å². The second kappa shape index (κ2) is 7.16. The number of nitrogens with one attached hydrogen (secondary N) is 1. The first-order chi connectivity index (χ1) is 13.3. The van der Waals surface area contributed by atoms with E-state index in [9.17, 15) is 22.4 Å². The summed E-state index contributed by atoms with van der Waals surface area (Å²) in [5, 5.41) is 3.28. The number of hydrogen-bond donors (Lipinski definition) is 1. The van der Waals surface area contributed by atoms with Crippen LogP contribution < -0.4 is 5.32 Å². The summed E-state index contributed by atoms with van der Waals surface area (Å²) >= 11 is 0. The Morgan fingerprint density at radius 2 is 1.93 bits per heavy atom. The Hall–Kier alpha value is -2.48. The van der Waals surface area contributed by atoms with Crippen molar-refractivity contribution in [3.63, 3.8) is 0 Å². The number of rotatable bonds is 5. The van der Waals surface area contributed by atoms with Crippen molar-refractivity contribution in [2.45, 2.75) is 12.7 Å². The molecule has 1 aromatic carbocycles. The van der Waals surface area contributed by atoms with E-state index in [2.05, 4.69) is 10.3 Å². The summed E-state index contributed by atoms with van der Waals surface area (Å²) < 4.78 is 52.8. The van der Waals surface area contributed by atoms with E-state index in [-0.39, 0.29) is 23.7 Å². The summed E-state index contributed by atoms with van der Waals surface area (Å²) in [5.41, 5.74) is -0.723. The molecule has 1 aliphatic heterocycles. The van der Waals surface area contributed by atoms with E-state index < -0.39 is 17.6 Å². The summed E-state index contributed by atoms with van der Waals surface area (Å²) in [5.74, 6) is -0.0574. The molecule has 0 spiro atoms. The van der Waals surface area contributed by atoms with Crippen LogP contribution in [0.5, 0.6) is 0 Å². The molecule has 4 nitrogen and oxygen atoms in total. The highest BCUT2D eigenvalue weighted by Crippen LogP contribution is 2.49. The van der Waals surface area contributed by atoms with E-state index in [4.69, 9.17) is 0 Å². The molecule has 4 rings (SSSR count). The van der Waals surface area contributed by atoms with Crippen molar-refractivity contribution in [1.82, 2.24) is 15.2 Å². The number of nitrogens with zero attached hydrogens (tertiary/aromatic N) is 2. The van der Waals surface area contributed by atoms with Crippen molar-refractivity contribution in [1.29, 1.82) is 0 Å². The largest absolute Gasteiger partial charge is 0.416 e. The lowest BCUT2D eigenvalue weighted by molar-refractivity contribution is -0.137. The average Bonchev–Trinajstić information content (AvgIpc) is 3.07. The van der Waals surface area contributed by atoms with Crippen molar-refractivity contribution in [3.8, 4) is 0 Å². The highest BCUT2D eigenvalue weighted by Gasteiger charge is 2.53. The number of hydrogen-bond acceptors (Lipinski definition) is 3. The summed E-state index contributed by atoms with van der Waals surface area (Å²) in [6.07, 6.45) is -3.16. The molecule has 2 fully saturated rings. The smallest absolute Gasteiger partial charge is 0.333 e. The SMILES string of the molecule is O=C(c1ccccn1)N(Cc1cc(F)cc(C(F)(F)F)c1)CC1C2CNCC21. The number of pyridine rings is 1. The number of halogens is 4. The number of fused-ring (bicyclic) bond motifs is 1. The molecule has 2 unspecified atom stereocenters.